The normalized spacial score (nSPS) is 10.6. The molecule has 0 saturated heterocycles. The Morgan fingerprint density at radius 1 is 1.30 bits per heavy atom. The molecule has 2 aromatic rings. The van der Waals surface area contributed by atoms with Crippen molar-refractivity contribution in [3.63, 3.8) is 0 Å². The van der Waals surface area contributed by atoms with Gasteiger partial charge in [-0.15, -0.1) is 0 Å². The van der Waals surface area contributed by atoms with Crippen molar-refractivity contribution < 1.29 is 9.90 Å². The summed E-state index contributed by atoms with van der Waals surface area (Å²) in [6, 6.07) is 6.24. The zero-order valence-electron chi connectivity index (χ0n) is 14.0. The Bertz CT molecular complexity index is 693. The maximum Gasteiger partial charge on any atom is 0.347 e. The van der Waals surface area contributed by atoms with E-state index >= 15 is 0 Å². The predicted molar refractivity (Wildman–Crippen MR) is 96.5 cm³/mol. The molecule has 5 nitrogen and oxygen atoms in total. The number of rotatable bonds is 7. The molecule has 0 fully saturated rings. The molecule has 0 atom stereocenters. The summed E-state index contributed by atoms with van der Waals surface area (Å²) in [6.45, 7) is 10.2. The second-order valence-corrected chi connectivity index (χ2v) is 6.25. The van der Waals surface area contributed by atoms with Gasteiger partial charge in [0.25, 0.3) is 0 Å². The lowest BCUT2D eigenvalue weighted by atomic mass is 10.1. The molecule has 2 N–H and O–H groups in total. The van der Waals surface area contributed by atoms with E-state index in [1.807, 2.05) is 19.9 Å². The average Bonchev–Trinajstić information content (AvgIpc) is 2.94. The zero-order valence-corrected chi connectivity index (χ0v) is 14.8. The Morgan fingerprint density at radius 2 is 2.00 bits per heavy atom. The highest BCUT2D eigenvalue weighted by Gasteiger charge is 2.16. The Kier molecular flexibility index (Phi) is 5.60. The van der Waals surface area contributed by atoms with Crippen molar-refractivity contribution in [2.75, 3.05) is 23.3 Å². The van der Waals surface area contributed by atoms with Crippen molar-refractivity contribution in [3.8, 4) is 0 Å². The van der Waals surface area contributed by atoms with E-state index in [2.05, 4.69) is 41.2 Å². The molecule has 23 heavy (non-hydrogen) atoms. The Hall–Kier alpha value is -2.08. The number of aromatic nitrogens is 1. The number of benzene rings is 1. The number of carboxylic acid groups (broad SMARTS) is 1. The minimum Gasteiger partial charge on any atom is -0.477 e. The topological polar surface area (TPSA) is 65.5 Å². The summed E-state index contributed by atoms with van der Waals surface area (Å²) < 4.78 is 0. The molecule has 0 aliphatic carbocycles. The number of carbonyl (C=O) groups is 1. The number of nitrogens with zero attached hydrogens (tertiary/aromatic N) is 2. The summed E-state index contributed by atoms with van der Waals surface area (Å²) in [7, 11) is 0. The highest BCUT2D eigenvalue weighted by atomic mass is 32.1. The SMILES string of the molecule is CCc1nc(Nc2ccc(N(CC)CC)cc2C)sc1C(=O)O. The fourth-order valence-corrected chi connectivity index (χ4v) is 3.41. The molecular weight excluding hydrogens is 310 g/mol. The van der Waals surface area contributed by atoms with Gasteiger partial charge in [-0.25, -0.2) is 9.78 Å². The third-order valence-corrected chi connectivity index (χ3v) is 4.81. The molecule has 0 unspecified atom stereocenters. The summed E-state index contributed by atoms with van der Waals surface area (Å²) in [4.78, 5) is 18.2. The summed E-state index contributed by atoms with van der Waals surface area (Å²) in [6.07, 6.45) is 0.611. The fraction of sp³-hybridized carbons (Fsp3) is 0.412. The first-order valence-electron chi connectivity index (χ1n) is 7.85. The number of aryl methyl sites for hydroxylation is 2. The van der Waals surface area contributed by atoms with Crippen LogP contribution in [-0.2, 0) is 6.42 Å². The second-order valence-electron chi connectivity index (χ2n) is 5.25. The van der Waals surface area contributed by atoms with Gasteiger partial charge in [0.2, 0.25) is 0 Å². The highest BCUT2D eigenvalue weighted by Crippen LogP contribution is 2.29. The number of aromatic carboxylic acids is 1. The quantitative estimate of drug-likeness (QED) is 0.791. The van der Waals surface area contributed by atoms with Crippen molar-refractivity contribution in [1.29, 1.82) is 0 Å². The van der Waals surface area contributed by atoms with Crippen molar-refractivity contribution in [3.05, 3.63) is 34.3 Å². The van der Waals surface area contributed by atoms with Crippen molar-refractivity contribution in [2.24, 2.45) is 0 Å². The van der Waals surface area contributed by atoms with Crippen LogP contribution in [0, 0.1) is 6.92 Å². The van der Waals surface area contributed by atoms with Gasteiger partial charge >= 0.3 is 5.97 Å². The fourth-order valence-electron chi connectivity index (χ4n) is 2.50. The van der Waals surface area contributed by atoms with E-state index in [-0.39, 0.29) is 0 Å². The number of carboxylic acids is 1. The third-order valence-electron chi connectivity index (χ3n) is 3.81. The van der Waals surface area contributed by atoms with Crippen molar-refractivity contribution in [2.45, 2.75) is 34.1 Å². The van der Waals surface area contributed by atoms with Crippen LogP contribution in [0.25, 0.3) is 0 Å². The Labute approximate surface area is 141 Å². The van der Waals surface area contributed by atoms with Crippen LogP contribution in [-0.4, -0.2) is 29.1 Å². The van der Waals surface area contributed by atoms with Crippen LogP contribution < -0.4 is 10.2 Å². The first-order valence-corrected chi connectivity index (χ1v) is 8.67. The lowest BCUT2D eigenvalue weighted by Crippen LogP contribution is -2.21. The summed E-state index contributed by atoms with van der Waals surface area (Å²) in [5.74, 6) is -0.916. The molecule has 0 saturated carbocycles. The van der Waals surface area contributed by atoms with Crippen LogP contribution in [0.1, 0.15) is 41.7 Å². The Balaban J connectivity index is 2.25. The van der Waals surface area contributed by atoms with Gasteiger partial charge in [-0.3, -0.25) is 0 Å². The average molecular weight is 333 g/mol. The van der Waals surface area contributed by atoms with Gasteiger partial charge in [0, 0.05) is 24.5 Å². The first-order chi connectivity index (χ1) is 11.0. The molecule has 0 amide bonds. The summed E-state index contributed by atoms with van der Waals surface area (Å²) >= 11 is 1.18. The molecule has 6 heteroatoms. The monoisotopic (exact) mass is 333 g/mol. The third kappa shape index (κ3) is 3.82. The molecule has 0 aliphatic rings. The van der Waals surface area contributed by atoms with E-state index in [4.69, 9.17) is 0 Å². The highest BCUT2D eigenvalue weighted by molar-refractivity contribution is 7.17. The number of thiazole rings is 1. The van der Waals surface area contributed by atoms with Gasteiger partial charge in [0.15, 0.2) is 5.13 Å². The van der Waals surface area contributed by atoms with E-state index < -0.39 is 5.97 Å². The van der Waals surface area contributed by atoms with Crippen molar-refractivity contribution in [1.82, 2.24) is 4.98 Å². The molecule has 0 radical (unpaired) electrons. The van der Waals surface area contributed by atoms with Crippen LogP contribution in [0.4, 0.5) is 16.5 Å². The standard InChI is InChI=1S/C17H23N3O2S/c1-5-13-15(16(21)22)23-17(18-13)19-14-9-8-12(10-11(14)4)20(6-2)7-3/h8-10H,5-7H2,1-4H3,(H,18,19)(H,21,22). The maximum atomic E-state index is 11.2. The molecule has 1 aromatic carbocycles. The van der Waals surface area contributed by atoms with Gasteiger partial charge in [-0.05, 0) is 51.0 Å². The lowest BCUT2D eigenvalue weighted by Gasteiger charge is -2.22. The van der Waals surface area contributed by atoms with Gasteiger partial charge in [0.05, 0.1) is 5.69 Å². The molecule has 0 spiro atoms. The van der Waals surface area contributed by atoms with Gasteiger partial charge in [-0.1, -0.05) is 18.3 Å². The second kappa shape index (κ2) is 7.46. The smallest absolute Gasteiger partial charge is 0.347 e. The van der Waals surface area contributed by atoms with Crippen LogP contribution in [0.3, 0.4) is 0 Å². The predicted octanol–water partition coefficient (Wildman–Crippen LogP) is 4.30. The minimum absolute atomic E-state index is 0.312. The Morgan fingerprint density at radius 3 is 2.48 bits per heavy atom. The largest absolute Gasteiger partial charge is 0.477 e. The molecular formula is C17H23N3O2S. The number of nitrogens with one attached hydrogen (secondary N) is 1. The van der Waals surface area contributed by atoms with E-state index in [1.165, 1.54) is 17.0 Å². The summed E-state index contributed by atoms with van der Waals surface area (Å²) in [5.41, 5.74) is 3.88. The van der Waals surface area contributed by atoms with Crippen LogP contribution >= 0.6 is 11.3 Å². The molecule has 2 rings (SSSR count). The van der Waals surface area contributed by atoms with E-state index in [1.54, 1.807) is 0 Å². The van der Waals surface area contributed by atoms with Crippen molar-refractivity contribution >= 4 is 33.8 Å². The molecule has 0 bridgehead atoms. The molecule has 0 aliphatic heterocycles. The first kappa shape index (κ1) is 17.3. The van der Waals surface area contributed by atoms with E-state index in [0.29, 0.717) is 22.1 Å². The van der Waals surface area contributed by atoms with Crippen LogP contribution in [0.5, 0.6) is 0 Å². The van der Waals surface area contributed by atoms with E-state index in [0.717, 1.165) is 24.3 Å². The lowest BCUT2D eigenvalue weighted by molar-refractivity contribution is 0.0701. The minimum atomic E-state index is -0.916. The van der Waals surface area contributed by atoms with E-state index in [9.17, 15) is 9.90 Å². The van der Waals surface area contributed by atoms with Gasteiger partial charge in [-0.2, -0.15) is 0 Å². The number of hydrogen-bond donors (Lipinski definition) is 2. The molecule has 1 aromatic heterocycles. The summed E-state index contributed by atoms with van der Waals surface area (Å²) in [5, 5.41) is 13.1. The maximum absolute atomic E-state index is 11.2. The molecule has 1 heterocycles. The van der Waals surface area contributed by atoms with Gasteiger partial charge in [0.1, 0.15) is 4.88 Å². The van der Waals surface area contributed by atoms with Crippen LogP contribution in [0.15, 0.2) is 18.2 Å². The zero-order chi connectivity index (χ0) is 17.0. The van der Waals surface area contributed by atoms with Crippen LogP contribution in [0.2, 0.25) is 0 Å². The number of anilines is 3. The molecule has 124 valence electrons. The van der Waals surface area contributed by atoms with Gasteiger partial charge < -0.3 is 15.3 Å². The number of hydrogen-bond acceptors (Lipinski definition) is 5.